The van der Waals surface area contributed by atoms with Gasteiger partial charge in [0.05, 0.1) is 6.61 Å². The molecule has 26 heavy (non-hydrogen) atoms. The van der Waals surface area contributed by atoms with Gasteiger partial charge >= 0.3 is 0 Å². The molecule has 6 heteroatoms. The highest BCUT2D eigenvalue weighted by Crippen LogP contribution is 2.34. The summed E-state index contributed by atoms with van der Waals surface area (Å²) in [5.74, 6) is 2.93. The van der Waals surface area contributed by atoms with Crippen LogP contribution in [0.2, 0.25) is 0 Å². The number of likely N-dealkylation sites (tertiary alicyclic amines) is 1. The number of ether oxygens (including phenoxy) is 1. The molecule has 0 aromatic carbocycles. The Morgan fingerprint density at radius 2 is 1.88 bits per heavy atom. The average Bonchev–Trinajstić information content (AvgIpc) is 3.14. The van der Waals surface area contributed by atoms with Crippen molar-refractivity contribution in [1.82, 2.24) is 15.0 Å². The molecule has 1 unspecified atom stereocenters. The molecule has 1 aliphatic heterocycles. The second-order valence-electron chi connectivity index (χ2n) is 8.27. The Bertz CT molecular complexity index is 593. The van der Waals surface area contributed by atoms with Gasteiger partial charge in [-0.2, -0.15) is 4.98 Å². The molecular formula is C20H31N3O3. The highest BCUT2D eigenvalue weighted by atomic mass is 16.5. The van der Waals surface area contributed by atoms with Gasteiger partial charge in [-0.1, -0.05) is 18.0 Å². The number of hydrogen-bond acceptors (Lipinski definition) is 5. The van der Waals surface area contributed by atoms with Gasteiger partial charge in [0.25, 0.3) is 0 Å². The molecule has 2 aliphatic carbocycles. The Hall–Kier alpha value is -1.43. The standard InChI is InChI=1S/C20H31N3O3/c24-19(13-15-5-1-2-6-15)23-11-4-3-7-17(23)20-21-18(22-26-20)10-12-25-14-16-8-9-16/h15-17H,1-14H2. The predicted molar refractivity (Wildman–Crippen MR) is 96.4 cm³/mol. The van der Waals surface area contributed by atoms with Gasteiger partial charge in [0.15, 0.2) is 5.82 Å². The molecular weight excluding hydrogens is 330 g/mol. The van der Waals surface area contributed by atoms with Gasteiger partial charge in [0.1, 0.15) is 6.04 Å². The molecule has 1 saturated heterocycles. The topological polar surface area (TPSA) is 68.5 Å². The molecule has 0 bridgehead atoms. The Balaban J connectivity index is 1.32. The third kappa shape index (κ3) is 4.64. The van der Waals surface area contributed by atoms with Crippen molar-refractivity contribution in [2.75, 3.05) is 19.8 Å². The van der Waals surface area contributed by atoms with Crippen LogP contribution in [-0.4, -0.2) is 40.7 Å². The van der Waals surface area contributed by atoms with Crippen molar-refractivity contribution in [2.24, 2.45) is 11.8 Å². The lowest BCUT2D eigenvalue weighted by molar-refractivity contribution is -0.136. The van der Waals surface area contributed by atoms with Crippen LogP contribution in [0.4, 0.5) is 0 Å². The molecule has 1 aromatic rings. The molecule has 1 atom stereocenters. The fourth-order valence-electron chi connectivity index (χ4n) is 4.27. The van der Waals surface area contributed by atoms with Gasteiger partial charge in [-0.15, -0.1) is 0 Å². The maximum Gasteiger partial charge on any atom is 0.249 e. The van der Waals surface area contributed by atoms with E-state index in [-0.39, 0.29) is 11.9 Å². The molecule has 2 heterocycles. The van der Waals surface area contributed by atoms with Gasteiger partial charge in [0, 0.05) is 26.0 Å². The van der Waals surface area contributed by atoms with E-state index >= 15 is 0 Å². The Labute approximate surface area is 155 Å². The van der Waals surface area contributed by atoms with Gasteiger partial charge in [0.2, 0.25) is 11.8 Å². The summed E-state index contributed by atoms with van der Waals surface area (Å²) in [7, 11) is 0. The SMILES string of the molecule is O=C(CC1CCCC1)N1CCCCC1c1nc(CCOCC2CC2)no1. The zero-order valence-corrected chi connectivity index (χ0v) is 15.7. The van der Waals surface area contributed by atoms with Crippen molar-refractivity contribution in [3.63, 3.8) is 0 Å². The molecule has 4 rings (SSSR count). The lowest BCUT2D eigenvalue weighted by Crippen LogP contribution is -2.39. The molecule has 1 amide bonds. The number of aromatic nitrogens is 2. The largest absolute Gasteiger partial charge is 0.381 e. The van der Waals surface area contributed by atoms with E-state index in [2.05, 4.69) is 10.1 Å². The monoisotopic (exact) mass is 361 g/mol. The Morgan fingerprint density at radius 3 is 2.69 bits per heavy atom. The van der Waals surface area contributed by atoms with Crippen LogP contribution in [0.1, 0.15) is 82.0 Å². The molecule has 144 valence electrons. The van der Waals surface area contributed by atoms with E-state index < -0.39 is 0 Å². The summed E-state index contributed by atoms with van der Waals surface area (Å²) in [5.41, 5.74) is 0. The highest BCUT2D eigenvalue weighted by molar-refractivity contribution is 5.77. The van der Waals surface area contributed by atoms with Crippen LogP contribution in [-0.2, 0) is 16.0 Å². The van der Waals surface area contributed by atoms with Crippen LogP contribution in [0, 0.1) is 11.8 Å². The summed E-state index contributed by atoms with van der Waals surface area (Å²) >= 11 is 0. The van der Waals surface area contributed by atoms with Gasteiger partial charge in [-0.3, -0.25) is 4.79 Å². The van der Waals surface area contributed by atoms with E-state index in [1.54, 1.807) is 0 Å². The maximum absolute atomic E-state index is 12.8. The lowest BCUT2D eigenvalue weighted by Gasteiger charge is -2.34. The normalized spacial score (nSPS) is 24.3. The van der Waals surface area contributed by atoms with Crippen LogP contribution in [0.5, 0.6) is 0 Å². The van der Waals surface area contributed by atoms with Crippen molar-refractivity contribution < 1.29 is 14.1 Å². The zero-order chi connectivity index (χ0) is 17.8. The minimum atomic E-state index is -0.0358. The van der Waals surface area contributed by atoms with Crippen LogP contribution < -0.4 is 0 Å². The molecule has 0 radical (unpaired) electrons. The van der Waals surface area contributed by atoms with Crippen molar-refractivity contribution in [3.8, 4) is 0 Å². The summed E-state index contributed by atoms with van der Waals surface area (Å²) in [6.07, 6.45) is 12.0. The van der Waals surface area contributed by atoms with Crippen molar-refractivity contribution >= 4 is 5.91 Å². The number of carbonyl (C=O) groups is 1. The average molecular weight is 361 g/mol. The van der Waals surface area contributed by atoms with Crippen molar-refractivity contribution in [1.29, 1.82) is 0 Å². The van der Waals surface area contributed by atoms with Crippen LogP contribution in [0.25, 0.3) is 0 Å². The fraction of sp³-hybridized carbons (Fsp3) is 0.850. The second-order valence-corrected chi connectivity index (χ2v) is 8.27. The third-order valence-electron chi connectivity index (χ3n) is 6.05. The van der Waals surface area contributed by atoms with Crippen LogP contribution >= 0.6 is 0 Å². The number of carbonyl (C=O) groups excluding carboxylic acids is 1. The summed E-state index contributed by atoms with van der Waals surface area (Å²) in [6.45, 7) is 2.32. The fourth-order valence-corrected chi connectivity index (χ4v) is 4.27. The Kier molecular flexibility index (Phi) is 5.88. The van der Waals surface area contributed by atoms with E-state index in [1.165, 1.54) is 38.5 Å². The van der Waals surface area contributed by atoms with E-state index in [9.17, 15) is 4.79 Å². The van der Waals surface area contributed by atoms with Crippen molar-refractivity contribution in [3.05, 3.63) is 11.7 Å². The number of hydrogen-bond donors (Lipinski definition) is 0. The lowest BCUT2D eigenvalue weighted by atomic mass is 9.98. The number of amides is 1. The maximum atomic E-state index is 12.8. The van der Waals surface area contributed by atoms with Gasteiger partial charge in [-0.25, -0.2) is 0 Å². The van der Waals surface area contributed by atoms with E-state index in [0.717, 1.165) is 38.3 Å². The van der Waals surface area contributed by atoms with E-state index in [4.69, 9.17) is 9.26 Å². The van der Waals surface area contributed by atoms with E-state index in [1.807, 2.05) is 4.90 Å². The summed E-state index contributed by atoms with van der Waals surface area (Å²) in [6, 6.07) is -0.0358. The van der Waals surface area contributed by atoms with Gasteiger partial charge < -0.3 is 14.2 Å². The number of piperidine rings is 1. The first-order chi connectivity index (χ1) is 12.8. The minimum absolute atomic E-state index is 0.0358. The summed E-state index contributed by atoms with van der Waals surface area (Å²) < 4.78 is 11.2. The first-order valence-corrected chi connectivity index (χ1v) is 10.5. The molecule has 0 spiro atoms. The minimum Gasteiger partial charge on any atom is -0.381 e. The highest BCUT2D eigenvalue weighted by Gasteiger charge is 2.33. The first-order valence-electron chi connectivity index (χ1n) is 10.5. The Morgan fingerprint density at radius 1 is 1.08 bits per heavy atom. The number of rotatable bonds is 8. The van der Waals surface area contributed by atoms with Crippen LogP contribution in [0.3, 0.4) is 0 Å². The number of nitrogens with zero attached hydrogens (tertiary/aromatic N) is 3. The zero-order valence-electron chi connectivity index (χ0n) is 15.7. The predicted octanol–water partition coefficient (Wildman–Crippen LogP) is 3.67. The molecule has 2 saturated carbocycles. The third-order valence-corrected chi connectivity index (χ3v) is 6.05. The molecule has 6 nitrogen and oxygen atoms in total. The summed E-state index contributed by atoms with van der Waals surface area (Å²) in [4.78, 5) is 19.4. The second kappa shape index (κ2) is 8.51. The first kappa shape index (κ1) is 18.0. The molecule has 1 aromatic heterocycles. The smallest absolute Gasteiger partial charge is 0.249 e. The van der Waals surface area contributed by atoms with Crippen LogP contribution in [0.15, 0.2) is 4.52 Å². The quantitative estimate of drug-likeness (QED) is 0.661. The van der Waals surface area contributed by atoms with Gasteiger partial charge in [-0.05, 0) is 56.8 Å². The van der Waals surface area contributed by atoms with E-state index in [0.29, 0.717) is 37.1 Å². The molecule has 0 N–H and O–H groups in total. The molecule has 3 aliphatic rings. The summed E-state index contributed by atoms with van der Waals surface area (Å²) in [5, 5.41) is 4.12. The van der Waals surface area contributed by atoms with Crippen molar-refractivity contribution in [2.45, 2.75) is 76.7 Å². The molecule has 3 fully saturated rings.